The van der Waals surface area contributed by atoms with Crippen LogP contribution >= 0.6 is 0 Å². The summed E-state index contributed by atoms with van der Waals surface area (Å²) < 4.78 is 78.2. The first kappa shape index (κ1) is 20.9. The summed E-state index contributed by atoms with van der Waals surface area (Å²) in [6.45, 7) is -3.31. The molecule has 2 aromatic carbocycles. The number of ether oxygens (including phenoxy) is 3. The predicted molar refractivity (Wildman–Crippen MR) is 92.3 cm³/mol. The second kappa shape index (κ2) is 8.26. The number of fused-ring (bicyclic) bond motifs is 1. The van der Waals surface area contributed by atoms with Gasteiger partial charge in [0.25, 0.3) is 0 Å². The van der Waals surface area contributed by atoms with Crippen molar-refractivity contribution < 1.29 is 41.0 Å². The third-order valence-corrected chi connectivity index (χ3v) is 4.67. The monoisotopic (exact) mass is 416 g/mol. The number of hydrogen-bond donors (Lipinski definition) is 0. The maximum absolute atomic E-state index is 12.8. The Hall–Kier alpha value is -2.84. The molecule has 2 aromatic rings. The van der Waals surface area contributed by atoms with Gasteiger partial charge in [0.1, 0.15) is 5.75 Å². The summed E-state index contributed by atoms with van der Waals surface area (Å²) in [5, 5.41) is 0. The lowest BCUT2D eigenvalue weighted by atomic mass is 9.98. The van der Waals surface area contributed by atoms with Crippen LogP contribution in [-0.4, -0.2) is 19.7 Å². The van der Waals surface area contributed by atoms with E-state index in [1.54, 1.807) is 18.2 Å². The van der Waals surface area contributed by atoms with Crippen LogP contribution in [0.15, 0.2) is 36.4 Å². The van der Waals surface area contributed by atoms with Crippen LogP contribution in [-0.2, 0) is 22.1 Å². The van der Waals surface area contributed by atoms with E-state index in [1.165, 1.54) is 7.11 Å². The van der Waals surface area contributed by atoms with Crippen LogP contribution < -0.4 is 9.47 Å². The Morgan fingerprint density at radius 1 is 1.14 bits per heavy atom. The summed E-state index contributed by atoms with van der Waals surface area (Å²) in [5.41, 5.74) is 0.749. The lowest BCUT2D eigenvalue weighted by molar-refractivity contribution is -0.141. The Morgan fingerprint density at radius 2 is 1.90 bits per heavy atom. The Balaban J connectivity index is 1.84. The number of methoxy groups -OCH3 is 1. The topological polar surface area (TPSA) is 44.8 Å². The molecular weight excluding hydrogens is 399 g/mol. The highest BCUT2D eigenvalue weighted by Gasteiger charge is 2.32. The standard InChI is InChI=1S/C20H17F5O4/c1-27-18(26)9-12-3-2-11-8-14(5-6-15(11)12)28-16-7-4-13(20(23,24)25)10-17(16)29-19(21)22/h4-8,10,12,19H,2-3,9H2,1H3/t12-/m0/s1. The fraction of sp³-hybridized carbons (Fsp3) is 0.350. The van der Waals surface area contributed by atoms with Gasteiger partial charge in [0.15, 0.2) is 11.5 Å². The van der Waals surface area contributed by atoms with Gasteiger partial charge in [-0.1, -0.05) is 6.07 Å². The van der Waals surface area contributed by atoms with E-state index >= 15 is 0 Å². The molecule has 1 aliphatic rings. The molecule has 0 amide bonds. The number of carbonyl (C=O) groups excluding carboxylic acids is 1. The second-order valence-electron chi connectivity index (χ2n) is 6.52. The summed E-state index contributed by atoms with van der Waals surface area (Å²) in [6.07, 6.45) is -3.04. The molecule has 1 atom stereocenters. The van der Waals surface area contributed by atoms with Gasteiger partial charge in [0.05, 0.1) is 19.1 Å². The summed E-state index contributed by atoms with van der Waals surface area (Å²) in [6, 6.07) is 7.14. The molecule has 156 valence electrons. The SMILES string of the molecule is COC(=O)C[C@@H]1CCc2cc(Oc3ccc(C(F)(F)F)cc3OC(F)F)ccc21. The van der Waals surface area contributed by atoms with Crippen molar-refractivity contribution in [1.29, 1.82) is 0 Å². The average molecular weight is 416 g/mol. The highest BCUT2D eigenvalue weighted by molar-refractivity contribution is 5.70. The quantitative estimate of drug-likeness (QED) is 0.448. The van der Waals surface area contributed by atoms with Crippen molar-refractivity contribution >= 4 is 5.97 Å². The average Bonchev–Trinajstić information content (AvgIpc) is 3.03. The maximum atomic E-state index is 12.8. The number of hydrogen-bond acceptors (Lipinski definition) is 4. The third kappa shape index (κ3) is 4.96. The van der Waals surface area contributed by atoms with Crippen molar-refractivity contribution in [2.24, 2.45) is 0 Å². The molecule has 0 saturated carbocycles. The predicted octanol–water partition coefficient (Wildman–Crippen LogP) is 5.69. The molecule has 1 aliphatic carbocycles. The van der Waals surface area contributed by atoms with Crippen molar-refractivity contribution in [3.05, 3.63) is 53.1 Å². The van der Waals surface area contributed by atoms with Crippen molar-refractivity contribution in [2.45, 2.75) is 38.0 Å². The van der Waals surface area contributed by atoms with E-state index in [4.69, 9.17) is 4.74 Å². The normalized spacial score (nSPS) is 15.9. The van der Waals surface area contributed by atoms with E-state index in [0.29, 0.717) is 12.5 Å². The van der Waals surface area contributed by atoms with Gasteiger partial charge in [-0.25, -0.2) is 0 Å². The van der Waals surface area contributed by atoms with Crippen LogP contribution in [0.4, 0.5) is 22.0 Å². The first-order valence-corrected chi connectivity index (χ1v) is 8.71. The molecule has 29 heavy (non-hydrogen) atoms. The summed E-state index contributed by atoms with van der Waals surface area (Å²) in [7, 11) is 1.32. The molecular formula is C20H17F5O4. The van der Waals surface area contributed by atoms with Gasteiger partial charge in [0.2, 0.25) is 0 Å². The fourth-order valence-corrected chi connectivity index (χ4v) is 3.33. The van der Waals surface area contributed by atoms with Crippen molar-refractivity contribution in [3.63, 3.8) is 0 Å². The number of aryl methyl sites for hydroxylation is 1. The number of carbonyl (C=O) groups is 1. The van der Waals surface area contributed by atoms with Gasteiger partial charge in [-0.05, 0) is 60.2 Å². The first-order valence-electron chi connectivity index (χ1n) is 8.71. The van der Waals surface area contributed by atoms with E-state index in [1.807, 2.05) is 0 Å². The largest absolute Gasteiger partial charge is 0.469 e. The number of halogens is 5. The third-order valence-electron chi connectivity index (χ3n) is 4.67. The molecule has 0 saturated heterocycles. The zero-order valence-electron chi connectivity index (χ0n) is 15.3. The van der Waals surface area contributed by atoms with Gasteiger partial charge < -0.3 is 14.2 Å². The van der Waals surface area contributed by atoms with E-state index in [-0.39, 0.29) is 29.8 Å². The Morgan fingerprint density at radius 3 is 2.55 bits per heavy atom. The lowest BCUT2D eigenvalue weighted by Crippen LogP contribution is -2.08. The molecule has 0 aliphatic heterocycles. The van der Waals surface area contributed by atoms with Crippen molar-refractivity contribution in [3.8, 4) is 17.2 Å². The van der Waals surface area contributed by atoms with Crippen LogP contribution in [0.2, 0.25) is 0 Å². The summed E-state index contributed by atoms with van der Waals surface area (Å²) in [4.78, 5) is 11.5. The van der Waals surface area contributed by atoms with Crippen LogP contribution in [0.5, 0.6) is 17.2 Å². The number of rotatable bonds is 6. The molecule has 9 heteroatoms. The van der Waals surface area contributed by atoms with Gasteiger partial charge in [-0.3, -0.25) is 4.79 Å². The number of alkyl halides is 5. The smallest absolute Gasteiger partial charge is 0.416 e. The zero-order chi connectivity index (χ0) is 21.2. The van der Waals surface area contributed by atoms with Crippen molar-refractivity contribution in [1.82, 2.24) is 0 Å². The fourth-order valence-electron chi connectivity index (χ4n) is 3.33. The molecule has 0 unspecified atom stereocenters. The van der Waals surface area contributed by atoms with Crippen molar-refractivity contribution in [2.75, 3.05) is 7.11 Å². The molecule has 0 bridgehead atoms. The van der Waals surface area contributed by atoms with Crippen LogP contribution in [0, 0.1) is 0 Å². The Bertz CT molecular complexity index is 895. The Kier molecular flexibility index (Phi) is 5.95. The molecule has 0 radical (unpaired) electrons. The highest BCUT2D eigenvalue weighted by atomic mass is 19.4. The van der Waals surface area contributed by atoms with E-state index < -0.39 is 24.1 Å². The molecule has 3 rings (SSSR count). The molecule has 4 nitrogen and oxygen atoms in total. The van der Waals surface area contributed by atoms with Crippen LogP contribution in [0.25, 0.3) is 0 Å². The summed E-state index contributed by atoms with van der Waals surface area (Å²) in [5.74, 6) is -1.01. The van der Waals surface area contributed by atoms with Gasteiger partial charge in [-0.2, -0.15) is 22.0 Å². The minimum Gasteiger partial charge on any atom is -0.469 e. The Labute approximate surface area is 163 Å². The highest BCUT2D eigenvalue weighted by Crippen LogP contribution is 2.41. The van der Waals surface area contributed by atoms with E-state index in [9.17, 15) is 26.7 Å². The maximum Gasteiger partial charge on any atom is 0.416 e. The van der Waals surface area contributed by atoms with Gasteiger partial charge in [-0.15, -0.1) is 0 Å². The van der Waals surface area contributed by atoms with E-state index in [0.717, 1.165) is 29.7 Å². The molecule has 0 heterocycles. The lowest BCUT2D eigenvalue weighted by Gasteiger charge is -2.15. The minimum absolute atomic E-state index is 0.00953. The first-order chi connectivity index (χ1) is 13.7. The van der Waals surface area contributed by atoms with Crippen LogP contribution in [0.3, 0.4) is 0 Å². The van der Waals surface area contributed by atoms with Crippen LogP contribution in [0.1, 0.15) is 35.4 Å². The molecule has 0 aromatic heterocycles. The zero-order valence-corrected chi connectivity index (χ0v) is 15.3. The second-order valence-corrected chi connectivity index (χ2v) is 6.52. The number of benzene rings is 2. The molecule has 0 fully saturated rings. The molecule has 0 spiro atoms. The van der Waals surface area contributed by atoms with E-state index in [2.05, 4.69) is 9.47 Å². The van der Waals surface area contributed by atoms with Gasteiger partial charge in [0, 0.05) is 0 Å². The molecule has 0 N–H and O–H groups in total. The van der Waals surface area contributed by atoms with Gasteiger partial charge >= 0.3 is 18.8 Å². The summed E-state index contributed by atoms with van der Waals surface area (Å²) >= 11 is 0. The number of esters is 1. The minimum atomic E-state index is -4.71.